The number of anilines is 1. The van der Waals surface area contributed by atoms with Crippen molar-refractivity contribution in [3.8, 4) is 0 Å². The Hall–Kier alpha value is -1.72. The highest BCUT2D eigenvalue weighted by Crippen LogP contribution is 2.30. The van der Waals surface area contributed by atoms with Crippen LogP contribution in [-0.4, -0.2) is 6.09 Å². The number of alkyl halides is 3. The van der Waals surface area contributed by atoms with Crippen LogP contribution < -0.4 is 5.32 Å². The first-order chi connectivity index (χ1) is 6.93. The Kier molecular flexibility index (Phi) is 3.18. The van der Waals surface area contributed by atoms with E-state index in [0.29, 0.717) is 0 Å². The highest BCUT2D eigenvalue weighted by molar-refractivity contribution is 5.84. The van der Waals surface area contributed by atoms with E-state index in [0.717, 1.165) is 12.1 Å². The molecule has 0 aromatic heterocycles. The molecule has 0 atom stereocenters. The summed E-state index contributed by atoms with van der Waals surface area (Å²) in [5.74, 6) is 0. The fraction of sp³-hybridized carbons (Fsp3) is 0.111. The van der Waals surface area contributed by atoms with Gasteiger partial charge in [0.2, 0.25) is 0 Å². The van der Waals surface area contributed by atoms with Crippen LogP contribution in [0.1, 0.15) is 5.56 Å². The molecular formula is C9H7F3NO2. The first kappa shape index (κ1) is 11.4. The zero-order chi connectivity index (χ0) is 11.5. The molecule has 0 saturated heterocycles. The van der Waals surface area contributed by atoms with Crippen LogP contribution in [0, 0.1) is 7.11 Å². The number of ether oxygens (including phenoxy) is 1. The molecule has 0 aliphatic rings. The summed E-state index contributed by atoms with van der Waals surface area (Å²) in [5.41, 5.74) is -0.845. The minimum Gasteiger partial charge on any atom is -0.446 e. The monoisotopic (exact) mass is 218 g/mol. The molecular weight excluding hydrogens is 211 g/mol. The lowest BCUT2D eigenvalue weighted by Crippen LogP contribution is -2.11. The lowest BCUT2D eigenvalue weighted by molar-refractivity contribution is -0.137. The third-order valence-corrected chi connectivity index (χ3v) is 1.57. The smallest absolute Gasteiger partial charge is 0.416 e. The van der Waals surface area contributed by atoms with Crippen molar-refractivity contribution in [2.45, 2.75) is 6.18 Å². The van der Waals surface area contributed by atoms with E-state index in [-0.39, 0.29) is 5.69 Å². The molecule has 1 aromatic carbocycles. The van der Waals surface area contributed by atoms with Crippen molar-refractivity contribution in [2.24, 2.45) is 0 Å². The van der Waals surface area contributed by atoms with Gasteiger partial charge in [0, 0.05) is 5.69 Å². The van der Waals surface area contributed by atoms with Crippen LogP contribution >= 0.6 is 0 Å². The van der Waals surface area contributed by atoms with Gasteiger partial charge in [-0.25, -0.2) is 4.79 Å². The molecule has 1 N–H and O–H groups in total. The minimum atomic E-state index is -4.44. The number of nitrogens with one attached hydrogen (secondary N) is 1. The number of amides is 1. The molecule has 3 nitrogen and oxygen atoms in total. The van der Waals surface area contributed by atoms with Crippen molar-refractivity contribution < 1.29 is 22.7 Å². The quantitative estimate of drug-likeness (QED) is 0.786. The maximum absolute atomic E-state index is 12.2. The summed E-state index contributed by atoms with van der Waals surface area (Å²) < 4.78 is 40.7. The molecule has 0 bridgehead atoms. The van der Waals surface area contributed by atoms with E-state index in [9.17, 15) is 18.0 Å². The van der Waals surface area contributed by atoms with E-state index in [2.05, 4.69) is 17.2 Å². The lowest BCUT2D eigenvalue weighted by atomic mass is 10.2. The zero-order valence-corrected chi connectivity index (χ0v) is 7.47. The van der Waals surface area contributed by atoms with Crippen LogP contribution in [0.25, 0.3) is 0 Å². The molecule has 0 fully saturated rings. The van der Waals surface area contributed by atoms with Gasteiger partial charge in [0.25, 0.3) is 0 Å². The molecule has 81 valence electrons. The van der Waals surface area contributed by atoms with E-state index in [1.165, 1.54) is 12.1 Å². The predicted octanol–water partition coefficient (Wildman–Crippen LogP) is 3.05. The molecule has 1 amide bonds. The van der Waals surface area contributed by atoms with E-state index in [4.69, 9.17) is 0 Å². The highest BCUT2D eigenvalue weighted by Gasteiger charge is 2.30. The van der Waals surface area contributed by atoms with Crippen molar-refractivity contribution in [2.75, 3.05) is 5.32 Å². The molecule has 6 heteroatoms. The summed E-state index contributed by atoms with van der Waals surface area (Å²) in [5, 5.41) is 2.08. The molecule has 0 saturated carbocycles. The van der Waals surface area contributed by atoms with Crippen LogP contribution in [-0.2, 0) is 10.9 Å². The summed E-state index contributed by atoms with van der Waals surface area (Å²) in [4.78, 5) is 10.7. The van der Waals surface area contributed by atoms with Gasteiger partial charge in [-0.15, -0.1) is 0 Å². The summed E-state index contributed by atoms with van der Waals surface area (Å²) >= 11 is 0. The standard InChI is InChI=1S/C9H7F3NO2/c1-15-8(14)13-7-4-2-3-6(5-7)9(10,11)12/h2-5H,1H2,(H,13,14). The predicted molar refractivity (Wildman–Crippen MR) is 46.9 cm³/mol. The number of carbonyl (C=O) groups is 1. The normalized spacial score (nSPS) is 10.9. The molecule has 0 spiro atoms. The van der Waals surface area contributed by atoms with Crippen LogP contribution in [0.4, 0.5) is 23.7 Å². The van der Waals surface area contributed by atoms with Gasteiger partial charge in [-0.2, -0.15) is 13.2 Å². The fourth-order valence-electron chi connectivity index (χ4n) is 0.927. The van der Waals surface area contributed by atoms with Crippen LogP contribution in [0.2, 0.25) is 0 Å². The average molecular weight is 218 g/mol. The Morgan fingerprint density at radius 1 is 1.40 bits per heavy atom. The van der Waals surface area contributed by atoms with Gasteiger partial charge < -0.3 is 4.74 Å². The van der Waals surface area contributed by atoms with Crippen molar-refractivity contribution in [1.29, 1.82) is 0 Å². The van der Waals surface area contributed by atoms with E-state index in [1.807, 2.05) is 0 Å². The molecule has 0 aliphatic heterocycles. The minimum absolute atomic E-state index is 0.00141. The SMILES string of the molecule is [CH2]OC(=O)Nc1cccc(C(F)(F)F)c1. The van der Waals surface area contributed by atoms with Gasteiger partial charge in [0.15, 0.2) is 0 Å². The topological polar surface area (TPSA) is 38.3 Å². The molecule has 1 rings (SSSR count). The first-order valence-corrected chi connectivity index (χ1v) is 3.84. The Labute approximate surface area is 83.8 Å². The fourth-order valence-corrected chi connectivity index (χ4v) is 0.927. The second-order valence-electron chi connectivity index (χ2n) is 2.64. The van der Waals surface area contributed by atoms with Gasteiger partial charge in [-0.05, 0) is 18.2 Å². The number of carbonyl (C=O) groups excluding carboxylic acids is 1. The third-order valence-electron chi connectivity index (χ3n) is 1.57. The highest BCUT2D eigenvalue weighted by atomic mass is 19.4. The zero-order valence-electron chi connectivity index (χ0n) is 7.47. The van der Waals surface area contributed by atoms with E-state index >= 15 is 0 Å². The van der Waals surface area contributed by atoms with Crippen LogP contribution in [0.5, 0.6) is 0 Å². The average Bonchev–Trinajstić information content (AvgIpc) is 2.17. The molecule has 15 heavy (non-hydrogen) atoms. The number of halogens is 3. The molecule has 1 radical (unpaired) electrons. The van der Waals surface area contributed by atoms with Gasteiger partial charge in [-0.1, -0.05) is 6.07 Å². The van der Waals surface area contributed by atoms with Gasteiger partial charge in [-0.3, -0.25) is 5.32 Å². The molecule has 1 aromatic rings. The molecule has 0 heterocycles. The number of hydrogen-bond acceptors (Lipinski definition) is 2. The van der Waals surface area contributed by atoms with Crippen molar-refractivity contribution in [1.82, 2.24) is 0 Å². The second-order valence-corrected chi connectivity index (χ2v) is 2.64. The maximum Gasteiger partial charge on any atom is 0.416 e. The Balaban J connectivity index is 2.88. The number of hydrogen-bond donors (Lipinski definition) is 1. The number of rotatable bonds is 1. The van der Waals surface area contributed by atoms with Gasteiger partial charge in [0.1, 0.15) is 7.11 Å². The van der Waals surface area contributed by atoms with E-state index < -0.39 is 17.8 Å². The summed E-state index contributed by atoms with van der Waals surface area (Å²) in [6, 6.07) is 4.20. The molecule has 0 unspecified atom stereocenters. The second kappa shape index (κ2) is 4.20. The van der Waals surface area contributed by atoms with Crippen LogP contribution in [0.3, 0.4) is 0 Å². The largest absolute Gasteiger partial charge is 0.446 e. The maximum atomic E-state index is 12.2. The number of benzene rings is 1. The Morgan fingerprint density at radius 3 is 2.60 bits per heavy atom. The van der Waals surface area contributed by atoms with E-state index in [1.54, 1.807) is 0 Å². The Morgan fingerprint density at radius 2 is 2.07 bits per heavy atom. The Bertz CT molecular complexity index is 363. The summed E-state index contributed by atoms with van der Waals surface area (Å²) in [6.45, 7) is 0. The molecule has 0 aliphatic carbocycles. The van der Waals surface area contributed by atoms with Crippen molar-refractivity contribution in [3.05, 3.63) is 36.9 Å². The summed E-state index contributed by atoms with van der Waals surface area (Å²) in [7, 11) is 2.82. The summed E-state index contributed by atoms with van der Waals surface area (Å²) in [6.07, 6.45) is -5.36. The van der Waals surface area contributed by atoms with Gasteiger partial charge in [0.05, 0.1) is 5.56 Å². The van der Waals surface area contributed by atoms with Gasteiger partial charge >= 0.3 is 12.3 Å². The first-order valence-electron chi connectivity index (χ1n) is 3.84. The lowest BCUT2D eigenvalue weighted by Gasteiger charge is -2.08. The van der Waals surface area contributed by atoms with Crippen molar-refractivity contribution in [3.63, 3.8) is 0 Å². The van der Waals surface area contributed by atoms with Crippen LogP contribution in [0.15, 0.2) is 24.3 Å². The van der Waals surface area contributed by atoms with Crippen molar-refractivity contribution >= 4 is 11.8 Å². The third kappa shape index (κ3) is 3.16.